The van der Waals surface area contributed by atoms with Gasteiger partial charge in [-0.2, -0.15) is 0 Å². The van der Waals surface area contributed by atoms with Gasteiger partial charge in [0.1, 0.15) is 12.4 Å². The summed E-state index contributed by atoms with van der Waals surface area (Å²) in [7, 11) is 0. The zero-order valence-electron chi connectivity index (χ0n) is 16.2. The molecule has 2 rings (SSSR count). The Bertz CT molecular complexity index is 781. The number of thiophene rings is 1. The van der Waals surface area contributed by atoms with Crippen molar-refractivity contribution in [2.75, 3.05) is 31.9 Å². The third-order valence-electron chi connectivity index (χ3n) is 4.18. The van der Waals surface area contributed by atoms with Crippen molar-refractivity contribution in [2.24, 2.45) is 0 Å². The summed E-state index contributed by atoms with van der Waals surface area (Å²) in [5.41, 5.74) is 0.825. The van der Waals surface area contributed by atoms with E-state index in [0.717, 1.165) is 21.9 Å². The monoisotopic (exact) mass is 461 g/mol. The van der Waals surface area contributed by atoms with Crippen molar-refractivity contribution < 1.29 is 14.3 Å². The second-order valence-electron chi connectivity index (χ2n) is 6.63. The number of hydrogen-bond donors (Lipinski definition) is 1. The smallest absolute Gasteiger partial charge is 0.184 e. The molecule has 0 spiro atoms. The molecule has 0 saturated heterocycles. The summed E-state index contributed by atoms with van der Waals surface area (Å²) in [5, 5.41) is 1.31. The molecule has 0 aliphatic carbocycles. The maximum atomic E-state index is 11.7. The lowest BCUT2D eigenvalue weighted by molar-refractivity contribution is -0.119. The van der Waals surface area contributed by atoms with Gasteiger partial charge >= 0.3 is 0 Å². The van der Waals surface area contributed by atoms with Crippen LogP contribution in [0, 0.1) is 0 Å². The molecule has 0 aliphatic rings. The molecule has 28 heavy (non-hydrogen) atoms. The first-order valence-electron chi connectivity index (χ1n) is 8.88. The average molecular weight is 462 g/mol. The number of alkyl halides is 1. The van der Waals surface area contributed by atoms with Gasteiger partial charge in [0.05, 0.1) is 18.2 Å². The number of halogens is 2. The Morgan fingerprint density at radius 3 is 2.71 bits per heavy atom. The van der Waals surface area contributed by atoms with Crippen LogP contribution in [0.1, 0.15) is 30.7 Å². The quantitative estimate of drug-likeness (QED) is 0.255. The number of Topliss-reactive ketones (excluding diaryl/α,β-unsaturated/α-hetero) is 1. The molecule has 8 heteroatoms. The molecule has 1 aromatic carbocycles. The fourth-order valence-electron chi connectivity index (χ4n) is 2.47. The molecule has 2 aromatic rings. The summed E-state index contributed by atoms with van der Waals surface area (Å²) in [6.07, 6.45) is 2.66. The Hall–Kier alpha value is -0.920. The van der Waals surface area contributed by atoms with Crippen molar-refractivity contribution in [1.29, 1.82) is 0 Å². The molecule has 0 fully saturated rings. The SMILES string of the molecule is CSNCC(=O)COc1ccc(C(C)(C)c2ccc(OCCCCl)c(Cl)c2)s1. The number of hydrogen-bond acceptors (Lipinski definition) is 6. The summed E-state index contributed by atoms with van der Waals surface area (Å²) in [6, 6.07) is 9.80. The van der Waals surface area contributed by atoms with E-state index in [1.807, 2.05) is 36.6 Å². The Morgan fingerprint density at radius 2 is 2.04 bits per heavy atom. The highest BCUT2D eigenvalue weighted by Crippen LogP contribution is 2.40. The van der Waals surface area contributed by atoms with E-state index in [9.17, 15) is 4.79 Å². The van der Waals surface area contributed by atoms with Crippen molar-refractivity contribution in [3.63, 3.8) is 0 Å². The van der Waals surface area contributed by atoms with Crippen molar-refractivity contribution in [3.8, 4) is 10.8 Å². The van der Waals surface area contributed by atoms with Crippen molar-refractivity contribution >= 4 is 52.3 Å². The highest BCUT2D eigenvalue weighted by molar-refractivity contribution is 7.96. The van der Waals surface area contributed by atoms with Crippen LogP contribution < -0.4 is 14.2 Å². The van der Waals surface area contributed by atoms with Gasteiger partial charge in [0.15, 0.2) is 10.8 Å². The molecule has 1 aromatic heterocycles. The zero-order chi connectivity index (χ0) is 20.6. The van der Waals surface area contributed by atoms with E-state index < -0.39 is 0 Å². The molecule has 1 heterocycles. The molecule has 0 bridgehead atoms. The Labute approximate surface area is 185 Å². The number of carbonyl (C=O) groups is 1. The molecule has 0 amide bonds. The van der Waals surface area contributed by atoms with Gasteiger partial charge in [-0.25, -0.2) is 0 Å². The minimum atomic E-state index is -0.255. The van der Waals surface area contributed by atoms with Gasteiger partial charge in [-0.3, -0.25) is 9.52 Å². The van der Waals surface area contributed by atoms with Crippen LogP contribution in [-0.2, 0) is 10.2 Å². The fourth-order valence-corrected chi connectivity index (χ4v) is 4.10. The number of carbonyl (C=O) groups excluding carboxylic acids is 1. The van der Waals surface area contributed by atoms with Gasteiger partial charge in [-0.15, -0.1) is 22.9 Å². The molecular weight excluding hydrogens is 437 g/mol. The van der Waals surface area contributed by atoms with Crippen LogP contribution in [0.25, 0.3) is 0 Å². The van der Waals surface area contributed by atoms with E-state index in [1.165, 1.54) is 23.3 Å². The molecule has 0 aliphatic heterocycles. The van der Waals surface area contributed by atoms with Crippen LogP contribution in [0.2, 0.25) is 5.02 Å². The average Bonchev–Trinajstić information content (AvgIpc) is 3.16. The lowest BCUT2D eigenvalue weighted by Crippen LogP contribution is -2.22. The Kier molecular flexibility index (Phi) is 9.44. The van der Waals surface area contributed by atoms with Crippen LogP contribution in [0.3, 0.4) is 0 Å². The molecule has 1 N–H and O–H groups in total. The van der Waals surface area contributed by atoms with Crippen LogP contribution >= 0.6 is 46.5 Å². The predicted octanol–water partition coefficient (Wildman–Crippen LogP) is 5.55. The number of benzene rings is 1. The van der Waals surface area contributed by atoms with E-state index in [-0.39, 0.29) is 17.8 Å². The Balaban J connectivity index is 2.05. The molecular formula is C20H25Cl2NO3S2. The van der Waals surface area contributed by atoms with Crippen LogP contribution in [-0.4, -0.2) is 37.7 Å². The standard InChI is InChI=1S/C20H25Cl2NO3S2/c1-20(2,14-5-6-17(16(22)11-14)25-10-4-9-21)18-7-8-19(28-18)26-13-15(24)12-23-27-3/h5-8,11,23H,4,9-10,12-13H2,1-3H3. The second-order valence-corrected chi connectivity index (χ2v) is 9.16. The number of rotatable bonds is 12. The van der Waals surface area contributed by atoms with E-state index in [2.05, 4.69) is 18.6 Å². The summed E-state index contributed by atoms with van der Waals surface area (Å²) in [6.45, 7) is 5.17. The van der Waals surface area contributed by atoms with E-state index in [0.29, 0.717) is 29.8 Å². The Morgan fingerprint density at radius 1 is 1.25 bits per heavy atom. The lowest BCUT2D eigenvalue weighted by Gasteiger charge is -2.24. The van der Waals surface area contributed by atoms with Crippen LogP contribution in [0.4, 0.5) is 0 Å². The molecule has 0 atom stereocenters. The van der Waals surface area contributed by atoms with Crippen molar-refractivity contribution in [1.82, 2.24) is 4.72 Å². The number of nitrogens with one attached hydrogen (secondary N) is 1. The largest absolute Gasteiger partial charge is 0.492 e. The van der Waals surface area contributed by atoms with E-state index >= 15 is 0 Å². The summed E-state index contributed by atoms with van der Waals surface area (Å²) >= 11 is 15.0. The van der Waals surface area contributed by atoms with Crippen LogP contribution in [0.15, 0.2) is 30.3 Å². The summed E-state index contributed by atoms with van der Waals surface area (Å²) < 4.78 is 14.2. The summed E-state index contributed by atoms with van der Waals surface area (Å²) in [4.78, 5) is 12.9. The molecule has 0 unspecified atom stereocenters. The first kappa shape index (κ1) is 23.4. The zero-order valence-corrected chi connectivity index (χ0v) is 19.4. The normalized spacial score (nSPS) is 11.5. The van der Waals surface area contributed by atoms with Crippen LogP contribution in [0.5, 0.6) is 10.8 Å². The minimum absolute atomic E-state index is 0.0140. The van der Waals surface area contributed by atoms with Crippen molar-refractivity contribution in [3.05, 3.63) is 45.8 Å². The highest BCUT2D eigenvalue weighted by Gasteiger charge is 2.26. The van der Waals surface area contributed by atoms with Gasteiger partial charge in [0.2, 0.25) is 0 Å². The minimum Gasteiger partial charge on any atom is -0.492 e. The van der Waals surface area contributed by atoms with Gasteiger partial charge in [-0.1, -0.05) is 43.5 Å². The predicted molar refractivity (Wildman–Crippen MR) is 121 cm³/mol. The summed E-state index contributed by atoms with van der Waals surface area (Å²) in [5.74, 6) is 1.24. The van der Waals surface area contributed by atoms with Gasteiger partial charge < -0.3 is 9.47 Å². The lowest BCUT2D eigenvalue weighted by atomic mass is 9.83. The first-order chi connectivity index (χ1) is 13.4. The van der Waals surface area contributed by atoms with Gasteiger partial charge in [0.25, 0.3) is 0 Å². The molecule has 154 valence electrons. The first-order valence-corrected chi connectivity index (χ1v) is 11.8. The third kappa shape index (κ3) is 6.56. The third-order valence-corrected chi connectivity index (χ3v) is 6.49. The maximum Gasteiger partial charge on any atom is 0.184 e. The number of ketones is 1. The second kappa shape index (κ2) is 11.3. The molecule has 0 radical (unpaired) electrons. The number of ether oxygens (including phenoxy) is 2. The molecule has 4 nitrogen and oxygen atoms in total. The highest BCUT2D eigenvalue weighted by atomic mass is 35.5. The van der Waals surface area contributed by atoms with E-state index in [4.69, 9.17) is 32.7 Å². The molecule has 0 saturated carbocycles. The fraction of sp³-hybridized carbons (Fsp3) is 0.450. The topological polar surface area (TPSA) is 47.6 Å². The maximum absolute atomic E-state index is 11.7. The van der Waals surface area contributed by atoms with Gasteiger partial charge in [-0.05, 0) is 42.5 Å². The van der Waals surface area contributed by atoms with Crippen molar-refractivity contribution in [2.45, 2.75) is 25.7 Å². The van der Waals surface area contributed by atoms with E-state index in [1.54, 1.807) is 0 Å². The van der Waals surface area contributed by atoms with Gasteiger partial charge in [0, 0.05) is 16.2 Å².